The molecule has 0 fully saturated rings. The van der Waals surface area contributed by atoms with Crippen LogP contribution in [0.3, 0.4) is 0 Å². The number of carbonyl (C=O) groups is 2. The molecule has 2 heterocycles. The van der Waals surface area contributed by atoms with Crippen molar-refractivity contribution < 1.29 is 33.1 Å². The normalized spacial score (nSPS) is 12.8. The van der Waals surface area contributed by atoms with E-state index in [0.29, 0.717) is 28.5 Å². The van der Waals surface area contributed by atoms with E-state index in [-0.39, 0.29) is 18.2 Å². The SMILES string of the molecule is C[C@@H](OC(=O)c1ccc(-c2ccc([N+](=O)[O-])cc2)o1)C(=O)Nc1ccc2c(c1)OCO2. The molecule has 0 bridgehead atoms. The van der Waals surface area contributed by atoms with Gasteiger partial charge >= 0.3 is 5.97 Å². The molecule has 0 saturated carbocycles. The molecular weight excluding hydrogens is 408 g/mol. The number of nitro benzene ring substituents is 1. The molecular formula is C21H16N2O8. The number of non-ortho nitro benzene ring substituents is 1. The van der Waals surface area contributed by atoms with Crippen LogP contribution in [-0.4, -0.2) is 29.7 Å². The number of benzene rings is 2. The molecule has 31 heavy (non-hydrogen) atoms. The zero-order chi connectivity index (χ0) is 22.0. The summed E-state index contributed by atoms with van der Waals surface area (Å²) in [5, 5.41) is 13.4. The number of ether oxygens (including phenoxy) is 3. The first-order valence-corrected chi connectivity index (χ1v) is 9.17. The number of carbonyl (C=O) groups excluding carboxylic acids is 2. The number of fused-ring (bicyclic) bond motifs is 1. The summed E-state index contributed by atoms with van der Waals surface area (Å²) in [7, 11) is 0. The first-order chi connectivity index (χ1) is 14.9. The third-order valence-electron chi connectivity index (χ3n) is 4.46. The number of rotatable bonds is 6. The van der Waals surface area contributed by atoms with Crippen LogP contribution in [0.1, 0.15) is 17.5 Å². The molecule has 4 rings (SSSR count). The maximum absolute atomic E-state index is 12.3. The Labute approximate surface area is 175 Å². The van der Waals surface area contributed by atoms with Gasteiger partial charge < -0.3 is 23.9 Å². The number of nitrogens with one attached hydrogen (secondary N) is 1. The van der Waals surface area contributed by atoms with Crippen molar-refractivity contribution in [3.63, 3.8) is 0 Å². The largest absolute Gasteiger partial charge is 0.454 e. The van der Waals surface area contributed by atoms with Crippen LogP contribution >= 0.6 is 0 Å². The summed E-state index contributed by atoms with van der Waals surface area (Å²) in [6.45, 7) is 1.55. The highest BCUT2D eigenvalue weighted by molar-refractivity contribution is 5.97. The minimum absolute atomic E-state index is 0.0581. The van der Waals surface area contributed by atoms with E-state index in [1.54, 1.807) is 18.2 Å². The molecule has 0 unspecified atom stereocenters. The highest BCUT2D eigenvalue weighted by Crippen LogP contribution is 2.34. The lowest BCUT2D eigenvalue weighted by molar-refractivity contribution is -0.384. The summed E-state index contributed by atoms with van der Waals surface area (Å²) in [5.41, 5.74) is 0.964. The zero-order valence-corrected chi connectivity index (χ0v) is 16.2. The number of hydrogen-bond donors (Lipinski definition) is 1. The Kier molecular flexibility index (Phi) is 5.27. The van der Waals surface area contributed by atoms with Crippen LogP contribution in [-0.2, 0) is 9.53 Å². The Bertz CT molecular complexity index is 1150. The first kappa shape index (κ1) is 20.0. The molecule has 10 heteroatoms. The second-order valence-electron chi connectivity index (χ2n) is 6.57. The Balaban J connectivity index is 1.37. The maximum atomic E-state index is 12.3. The Morgan fingerprint density at radius 3 is 2.55 bits per heavy atom. The van der Waals surface area contributed by atoms with E-state index in [1.165, 1.54) is 43.3 Å². The van der Waals surface area contributed by atoms with Crippen LogP contribution < -0.4 is 14.8 Å². The molecule has 0 aliphatic carbocycles. The number of esters is 1. The van der Waals surface area contributed by atoms with Crippen molar-refractivity contribution in [2.24, 2.45) is 0 Å². The molecule has 158 valence electrons. The summed E-state index contributed by atoms with van der Waals surface area (Å²) in [6.07, 6.45) is -1.09. The predicted molar refractivity (Wildman–Crippen MR) is 107 cm³/mol. The topological polar surface area (TPSA) is 130 Å². The number of nitrogens with zero attached hydrogens (tertiary/aromatic N) is 1. The lowest BCUT2D eigenvalue weighted by atomic mass is 10.1. The van der Waals surface area contributed by atoms with Gasteiger partial charge in [0.2, 0.25) is 12.6 Å². The molecule has 0 saturated heterocycles. The van der Waals surface area contributed by atoms with Crippen molar-refractivity contribution in [1.82, 2.24) is 0 Å². The minimum atomic E-state index is -1.09. The van der Waals surface area contributed by atoms with Crippen LogP contribution in [0.2, 0.25) is 0 Å². The van der Waals surface area contributed by atoms with Crippen molar-refractivity contribution in [2.75, 3.05) is 12.1 Å². The fourth-order valence-corrected chi connectivity index (χ4v) is 2.84. The minimum Gasteiger partial charge on any atom is -0.454 e. The summed E-state index contributed by atoms with van der Waals surface area (Å²) >= 11 is 0. The Hall–Kier alpha value is -4.34. The number of hydrogen-bond acceptors (Lipinski definition) is 8. The molecule has 1 aliphatic rings. The van der Waals surface area contributed by atoms with Crippen molar-refractivity contribution in [2.45, 2.75) is 13.0 Å². The van der Waals surface area contributed by atoms with Gasteiger partial charge in [0, 0.05) is 29.4 Å². The molecule has 1 atom stereocenters. The number of furan rings is 1. The van der Waals surface area contributed by atoms with E-state index in [2.05, 4.69) is 5.32 Å². The molecule has 2 aromatic carbocycles. The van der Waals surface area contributed by atoms with E-state index in [4.69, 9.17) is 18.6 Å². The fraction of sp³-hybridized carbons (Fsp3) is 0.143. The van der Waals surface area contributed by atoms with Crippen LogP contribution in [0.15, 0.2) is 59.0 Å². The highest BCUT2D eigenvalue weighted by Gasteiger charge is 2.22. The van der Waals surface area contributed by atoms with Crippen LogP contribution in [0.5, 0.6) is 11.5 Å². The van der Waals surface area contributed by atoms with Gasteiger partial charge in [0.25, 0.3) is 11.6 Å². The third-order valence-corrected chi connectivity index (χ3v) is 4.46. The van der Waals surface area contributed by atoms with Crippen molar-refractivity contribution in [1.29, 1.82) is 0 Å². The summed E-state index contributed by atoms with van der Waals surface area (Å²) in [5.74, 6) is -0.0258. The van der Waals surface area contributed by atoms with Gasteiger partial charge in [-0.3, -0.25) is 14.9 Å². The molecule has 1 N–H and O–H groups in total. The highest BCUT2D eigenvalue weighted by atomic mass is 16.7. The van der Waals surface area contributed by atoms with Crippen molar-refractivity contribution in [3.05, 3.63) is 70.5 Å². The molecule has 1 aromatic heterocycles. The lowest BCUT2D eigenvalue weighted by Crippen LogP contribution is -2.29. The average molecular weight is 424 g/mol. The average Bonchev–Trinajstić information content (AvgIpc) is 3.43. The van der Waals surface area contributed by atoms with Gasteiger partial charge in [-0.05, 0) is 43.3 Å². The van der Waals surface area contributed by atoms with E-state index in [9.17, 15) is 19.7 Å². The monoisotopic (exact) mass is 424 g/mol. The number of amides is 1. The van der Waals surface area contributed by atoms with E-state index in [0.717, 1.165) is 0 Å². The Morgan fingerprint density at radius 2 is 1.81 bits per heavy atom. The maximum Gasteiger partial charge on any atom is 0.375 e. The standard InChI is InChI=1S/C21H16N2O8/c1-12(20(24)22-14-4-7-17-19(10-14)29-11-28-17)30-21(25)18-9-8-16(31-18)13-2-5-15(6-3-13)23(26)27/h2-10,12H,11H2,1H3,(H,22,24)/t12-/m1/s1. The van der Waals surface area contributed by atoms with Gasteiger partial charge in [-0.15, -0.1) is 0 Å². The predicted octanol–water partition coefficient (Wildman–Crippen LogP) is 3.77. The number of anilines is 1. The zero-order valence-electron chi connectivity index (χ0n) is 16.2. The molecule has 1 aliphatic heterocycles. The van der Waals surface area contributed by atoms with Gasteiger partial charge in [0.15, 0.2) is 17.6 Å². The first-order valence-electron chi connectivity index (χ1n) is 9.17. The smallest absolute Gasteiger partial charge is 0.375 e. The molecule has 0 radical (unpaired) electrons. The second-order valence-corrected chi connectivity index (χ2v) is 6.57. The van der Waals surface area contributed by atoms with Crippen LogP contribution in [0.25, 0.3) is 11.3 Å². The summed E-state index contributed by atoms with van der Waals surface area (Å²) in [6, 6.07) is 13.5. The quantitative estimate of drug-likeness (QED) is 0.360. The van der Waals surface area contributed by atoms with E-state index >= 15 is 0 Å². The van der Waals surface area contributed by atoms with Crippen molar-refractivity contribution >= 4 is 23.3 Å². The summed E-state index contributed by atoms with van der Waals surface area (Å²) in [4.78, 5) is 34.9. The van der Waals surface area contributed by atoms with Gasteiger partial charge in [-0.2, -0.15) is 0 Å². The van der Waals surface area contributed by atoms with E-state index in [1.807, 2.05) is 0 Å². The van der Waals surface area contributed by atoms with Crippen LogP contribution in [0.4, 0.5) is 11.4 Å². The van der Waals surface area contributed by atoms with Gasteiger partial charge in [0.05, 0.1) is 4.92 Å². The second kappa shape index (κ2) is 8.19. The lowest BCUT2D eigenvalue weighted by Gasteiger charge is -2.13. The van der Waals surface area contributed by atoms with Crippen LogP contribution in [0, 0.1) is 10.1 Å². The van der Waals surface area contributed by atoms with Gasteiger partial charge in [-0.25, -0.2) is 4.79 Å². The molecule has 10 nitrogen and oxygen atoms in total. The Morgan fingerprint density at radius 1 is 1.06 bits per heavy atom. The molecule has 0 spiro atoms. The third kappa shape index (κ3) is 4.32. The molecule has 1 amide bonds. The summed E-state index contributed by atoms with van der Waals surface area (Å²) < 4.78 is 21.1. The molecule has 3 aromatic rings. The fourth-order valence-electron chi connectivity index (χ4n) is 2.84. The van der Waals surface area contributed by atoms with Gasteiger partial charge in [0.1, 0.15) is 5.76 Å². The van der Waals surface area contributed by atoms with E-state index < -0.39 is 22.9 Å². The van der Waals surface area contributed by atoms with Crippen molar-refractivity contribution in [3.8, 4) is 22.8 Å². The van der Waals surface area contributed by atoms with Gasteiger partial charge in [-0.1, -0.05) is 0 Å². The number of nitro groups is 1.